The molecule has 0 aromatic heterocycles. The Bertz CT molecular complexity index is 458. The van der Waals surface area contributed by atoms with Crippen LogP contribution in [0.4, 0.5) is 0 Å². The van der Waals surface area contributed by atoms with Gasteiger partial charge in [-0.05, 0) is 58.7 Å². The van der Waals surface area contributed by atoms with E-state index in [1.165, 1.54) is 5.56 Å². The maximum Gasteiger partial charge on any atom is 0.124 e. The van der Waals surface area contributed by atoms with Crippen molar-refractivity contribution in [3.8, 4) is 5.75 Å². The second kappa shape index (κ2) is 6.15. The number of nitrogens with zero attached hydrogens (tertiary/aromatic N) is 1. The summed E-state index contributed by atoms with van der Waals surface area (Å²) in [6.07, 6.45) is 2.59. The normalized spacial score (nSPS) is 24.7. The zero-order chi connectivity index (χ0) is 14.8. The van der Waals surface area contributed by atoms with Gasteiger partial charge in [-0.2, -0.15) is 0 Å². The number of aryl methyl sites for hydroxylation is 1. The number of benzene rings is 1. The summed E-state index contributed by atoms with van der Waals surface area (Å²) in [4.78, 5) is 2.44. The smallest absolute Gasteiger partial charge is 0.124 e. The lowest BCUT2D eigenvalue weighted by atomic mass is 9.85. The van der Waals surface area contributed by atoms with Crippen LogP contribution < -0.4 is 4.74 Å². The Morgan fingerprint density at radius 3 is 2.65 bits per heavy atom. The van der Waals surface area contributed by atoms with Crippen molar-refractivity contribution in [3.63, 3.8) is 0 Å². The minimum absolute atomic E-state index is 0.539. The molecule has 20 heavy (non-hydrogen) atoms. The molecule has 0 bridgehead atoms. The van der Waals surface area contributed by atoms with Crippen molar-refractivity contribution in [1.82, 2.24) is 4.90 Å². The molecule has 1 heterocycles. The topological polar surface area (TPSA) is 32.7 Å². The molecule has 1 atom stereocenters. The van der Waals surface area contributed by atoms with Crippen molar-refractivity contribution >= 4 is 0 Å². The quantitative estimate of drug-likeness (QED) is 0.921. The average molecular weight is 277 g/mol. The second-order valence-corrected chi connectivity index (χ2v) is 6.22. The standard InChI is InChI=1S/C17H27NO2/c1-13(2)18-10-5-8-17(19,9-11-18)15-12-14(3)6-7-16(15)20-4/h6-7,12-13,19H,5,8-11H2,1-4H3. The number of aliphatic hydroxyl groups is 1. The predicted octanol–water partition coefficient (Wildman–Crippen LogP) is 3.09. The van der Waals surface area contributed by atoms with Gasteiger partial charge >= 0.3 is 0 Å². The summed E-state index contributed by atoms with van der Waals surface area (Å²) in [5, 5.41) is 11.2. The third kappa shape index (κ3) is 3.15. The molecule has 1 aromatic rings. The molecule has 2 rings (SSSR count). The number of likely N-dealkylation sites (tertiary alicyclic amines) is 1. The number of rotatable bonds is 3. The van der Waals surface area contributed by atoms with Crippen molar-refractivity contribution in [1.29, 1.82) is 0 Å². The number of hydrogen-bond donors (Lipinski definition) is 1. The van der Waals surface area contributed by atoms with E-state index in [0.29, 0.717) is 6.04 Å². The van der Waals surface area contributed by atoms with Gasteiger partial charge in [0, 0.05) is 18.2 Å². The fourth-order valence-corrected chi connectivity index (χ4v) is 3.11. The van der Waals surface area contributed by atoms with Gasteiger partial charge in [-0.1, -0.05) is 11.6 Å². The second-order valence-electron chi connectivity index (χ2n) is 6.22. The van der Waals surface area contributed by atoms with Gasteiger partial charge in [0.2, 0.25) is 0 Å². The third-order valence-electron chi connectivity index (χ3n) is 4.43. The highest BCUT2D eigenvalue weighted by Gasteiger charge is 2.34. The molecule has 1 fully saturated rings. The molecule has 1 aliphatic rings. The van der Waals surface area contributed by atoms with Crippen LogP contribution >= 0.6 is 0 Å². The zero-order valence-electron chi connectivity index (χ0n) is 13.1. The molecule has 0 radical (unpaired) electrons. The fourth-order valence-electron chi connectivity index (χ4n) is 3.11. The first-order valence-corrected chi connectivity index (χ1v) is 7.58. The van der Waals surface area contributed by atoms with Crippen molar-refractivity contribution in [2.24, 2.45) is 0 Å². The van der Waals surface area contributed by atoms with Crippen molar-refractivity contribution in [2.45, 2.75) is 51.7 Å². The molecule has 3 nitrogen and oxygen atoms in total. The SMILES string of the molecule is COc1ccc(C)cc1C1(O)CCCN(C(C)C)CC1. The highest BCUT2D eigenvalue weighted by Crippen LogP contribution is 2.38. The van der Waals surface area contributed by atoms with Crippen molar-refractivity contribution in [3.05, 3.63) is 29.3 Å². The van der Waals surface area contributed by atoms with E-state index < -0.39 is 5.60 Å². The molecule has 1 unspecified atom stereocenters. The molecule has 3 heteroatoms. The van der Waals surface area contributed by atoms with E-state index >= 15 is 0 Å². The summed E-state index contributed by atoms with van der Waals surface area (Å²) in [5.74, 6) is 0.802. The van der Waals surface area contributed by atoms with Gasteiger partial charge in [-0.3, -0.25) is 0 Å². The summed E-state index contributed by atoms with van der Waals surface area (Å²) in [6.45, 7) is 8.50. The molecule has 0 aliphatic carbocycles. The van der Waals surface area contributed by atoms with E-state index in [1.807, 2.05) is 12.1 Å². The predicted molar refractivity (Wildman–Crippen MR) is 82.2 cm³/mol. The molecule has 1 aliphatic heterocycles. The molecular weight excluding hydrogens is 250 g/mol. The molecular formula is C17H27NO2. The Labute approximate surface area is 122 Å². The maximum absolute atomic E-state index is 11.2. The third-order valence-corrected chi connectivity index (χ3v) is 4.43. The highest BCUT2D eigenvalue weighted by molar-refractivity contribution is 5.41. The van der Waals surface area contributed by atoms with Gasteiger partial charge in [0.05, 0.1) is 12.7 Å². The maximum atomic E-state index is 11.2. The molecule has 0 spiro atoms. The molecule has 1 N–H and O–H groups in total. The minimum atomic E-state index is -0.763. The van der Waals surface area contributed by atoms with Crippen molar-refractivity contribution < 1.29 is 9.84 Å². The summed E-state index contributed by atoms with van der Waals surface area (Å²) < 4.78 is 5.46. The van der Waals surface area contributed by atoms with Crippen LogP contribution in [0.3, 0.4) is 0 Å². The fraction of sp³-hybridized carbons (Fsp3) is 0.647. The lowest BCUT2D eigenvalue weighted by Crippen LogP contribution is -2.33. The largest absolute Gasteiger partial charge is 0.496 e. The van der Waals surface area contributed by atoms with E-state index in [2.05, 4.69) is 31.7 Å². The van der Waals surface area contributed by atoms with Crippen LogP contribution in [0, 0.1) is 6.92 Å². The van der Waals surface area contributed by atoms with E-state index in [-0.39, 0.29) is 0 Å². The van der Waals surface area contributed by atoms with Crippen LogP contribution in [-0.2, 0) is 5.60 Å². The Hall–Kier alpha value is -1.06. The zero-order valence-corrected chi connectivity index (χ0v) is 13.1. The Balaban J connectivity index is 2.28. The summed E-state index contributed by atoms with van der Waals surface area (Å²) >= 11 is 0. The lowest BCUT2D eigenvalue weighted by Gasteiger charge is -2.30. The van der Waals surface area contributed by atoms with Crippen LogP contribution in [0.2, 0.25) is 0 Å². The first-order chi connectivity index (χ1) is 9.46. The van der Waals surface area contributed by atoms with Gasteiger partial charge in [0.15, 0.2) is 0 Å². The molecule has 0 saturated carbocycles. The van der Waals surface area contributed by atoms with Gasteiger partial charge in [0.25, 0.3) is 0 Å². The van der Waals surface area contributed by atoms with Crippen LogP contribution in [0.1, 0.15) is 44.2 Å². The average Bonchev–Trinajstić information content (AvgIpc) is 2.62. The van der Waals surface area contributed by atoms with Gasteiger partial charge in [0.1, 0.15) is 5.75 Å². The molecule has 1 saturated heterocycles. The minimum Gasteiger partial charge on any atom is -0.496 e. The molecule has 112 valence electrons. The summed E-state index contributed by atoms with van der Waals surface area (Å²) in [5.41, 5.74) is 1.35. The molecule has 0 amide bonds. The summed E-state index contributed by atoms with van der Waals surface area (Å²) in [7, 11) is 1.68. The van der Waals surface area contributed by atoms with Gasteiger partial charge < -0.3 is 14.7 Å². The van der Waals surface area contributed by atoms with E-state index in [0.717, 1.165) is 43.7 Å². The van der Waals surface area contributed by atoms with E-state index in [9.17, 15) is 5.11 Å². The number of ether oxygens (including phenoxy) is 1. The van der Waals surface area contributed by atoms with Crippen LogP contribution in [0.5, 0.6) is 5.75 Å². The van der Waals surface area contributed by atoms with E-state index in [1.54, 1.807) is 7.11 Å². The van der Waals surface area contributed by atoms with Crippen LogP contribution in [0.15, 0.2) is 18.2 Å². The Morgan fingerprint density at radius 2 is 2.00 bits per heavy atom. The number of methoxy groups -OCH3 is 1. The van der Waals surface area contributed by atoms with Crippen molar-refractivity contribution in [2.75, 3.05) is 20.2 Å². The number of hydrogen-bond acceptors (Lipinski definition) is 3. The lowest BCUT2D eigenvalue weighted by molar-refractivity contribution is 0.0181. The Kier molecular flexibility index (Phi) is 4.71. The first kappa shape index (κ1) is 15.3. The van der Waals surface area contributed by atoms with Crippen LogP contribution in [-0.4, -0.2) is 36.2 Å². The van der Waals surface area contributed by atoms with Crippen LogP contribution in [0.25, 0.3) is 0 Å². The highest BCUT2D eigenvalue weighted by atomic mass is 16.5. The van der Waals surface area contributed by atoms with Gasteiger partial charge in [-0.25, -0.2) is 0 Å². The summed E-state index contributed by atoms with van der Waals surface area (Å²) in [6, 6.07) is 6.61. The monoisotopic (exact) mass is 277 g/mol. The van der Waals surface area contributed by atoms with E-state index in [4.69, 9.17) is 4.74 Å². The van der Waals surface area contributed by atoms with Gasteiger partial charge in [-0.15, -0.1) is 0 Å². The molecule has 1 aromatic carbocycles. The Morgan fingerprint density at radius 1 is 1.25 bits per heavy atom. The first-order valence-electron chi connectivity index (χ1n) is 7.58.